The fraction of sp³-hybridized carbons (Fsp3) is 0.647. The monoisotopic (exact) mass is 245 g/mol. The van der Waals surface area contributed by atoms with Gasteiger partial charge in [0.2, 0.25) is 0 Å². The molecule has 2 rings (SSSR count). The van der Waals surface area contributed by atoms with Gasteiger partial charge in [-0.2, -0.15) is 0 Å². The Morgan fingerprint density at radius 1 is 1.17 bits per heavy atom. The largest absolute Gasteiger partial charge is 0.314 e. The van der Waals surface area contributed by atoms with Gasteiger partial charge >= 0.3 is 0 Å². The van der Waals surface area contributed by atoms with E-state index in [9.17, 15) is 0 Å². The van der Waals surface area contributed by atoms with Crippen molar-refractivity contribution >= 4 is 0 Å². The summed E-state index contributed by atoms with van der Waals surface area (Å²) in [5.74, 6) is 0.839. The number of benzene rings is 1. The van der Waals surface area contributed by atoms with Gasteiger partial charge < -0.3 is 5.32 Å². The van der Waals surface area contributed by atoms with Gasteiger partial charge in [0, 0.05) is 6.04 Å². The lowest BCUT2D eigenvalue weighted by Crippen LogP contribution is -2.39. The molecule has 0 saturated heterocycles. The molecule has 1 N–H and O–H groups in total. The predicted octanol–water partition coefficient (Wildman–Crippen LogP) is 4.10. The number of nitrogens with one attached hydrogen (secondary N) is 1. The molecule has 0 radical (unpaired) electrons. The van der Waals surface area contributed by atoms with E-state index in [1.807, 2.05) is 0 Å². The van der Waals surface area contributed by atoms with Crippen LogP contribution in [0.25, 0.3) is 0 Å². The highest BCUT2D eigenvalue weighted by Crippen LogP contribution is 2.28. The zero-order valence-electron chi connectivity index (χ0n) is 11.9. The molecule has 1 nitrogen and oxygen atoms in total. The van der Waals surface area contributed by atoms with Crippen LogP contribution in [0.2, 0.25) is 0 Å². The van der Waals surface area contributed by atoms with E-state index < -0.39 is 0 Å². The van der Waals surface area contributed by atoms with Crippen molar-refractivity contribution in [3.8, 4) is 0 Å². The lowest BCUT2D eigenvalue weighted by Gasteiger charge is -2.33. The second kappa shape index (κ2) is 6.94. The van der Waals surface area contributed by atoms with Gasteiger partial charge in [0.1, 0.15) is 0 Å². The van der Waals surface area contributed by atoms with E-state index in [4.69, 9.17) is 0 Å². The van der Waals surface area contributed by atoms with E-state index in [2.05, 4.69) is 43.4 Å². The molecule has 100 valence electrons. The Hall–Kier alpha value is -0.820. The SMILES string of the molecule is CCCNC1CCCCC1Cc1ccccc1C. The highest BCUT2D eigenvalue weighted by Gasteiger charge is 2.24. The van der Waals surface area contributed by atoms with Crippen molar-refractivity contribution in [1.29, 1.82) is 0 Å². The van der Waals surface area contributed by atoms with E-state index >= 15 is 0 Å². The van der Waals surface area contributed by atoms with Crippen molar-refractivity contribution in [3.05, 3.63) is 35.4 Å². The molecule has 0 bridgehead atoms. The van der Waals surface area contributed by atoms with Crippen molar-refractivity contribution in [2.24, 2.45) is 5.92 Å². The van der Waals surface area contributed by atoms with E-state index in [1.165, 1.54) is 50.6 Å². The van der Waals surface area contributed by atoms with Crippen molar-refractivity contribution in [2.45, 2.75) is 58.4 Å². The summed E-state index contributed by atoms with van der Waals surface area (Å²) in [5.41, 5.74) is 3.00. The molecule has 1 heteroatoms. The van der Waals surface area contributed by atoms with Crippen molar-refractivity contribution < 1.29 is 0 Å². The molecule has 1 aromatic carbocycles. The maximum Gasteiger partial charge on any atom is 0.00985 e. The zero-order chi connectivity index (χ0) is 12.8. The van der Waals surface area contributed by atoms with Crippen molar-refractivity contribution in [1.82, 2.24) is 5.32 Å². The highest BCUT2D eigenvalue weighted by atomic mass is 14.9. The standard InChI is InChI=1S/C17H27N/c1-3-12-18-17-11-7-6-10-16(17)13-15-9-5-4-8-14(15)2/h4-5,8-9,16-18H,3,6-7,10-13H2,1-2H3. The van der Waals surface area contributed by atoms with Crippen molar-refractivity contribution in [2.75, 3.05) is 6.54 Å². The maximum absolute atomic E-state index is 3.76. The van der Waals surface area contributed by atoms with Crippen LogP contribution in [0.4, 0.5) is 0 Å². The van der Waals surface area contributed by atoms with Crippen LogP contribution in [-0.2, 0) is 6.42 Å². The third-order valence-corrected chi connectivity index (χ3v) is 4.31. The molecule has 1 aromatic rings. The molecule has 2 atom stereocenters. The van der Waals surface area contributed by atoms with Gasteiger partial charge in [-0.3, -0.25) is 0 Å². The molecule has 0 aliphatic heterocycles. The molecule has 1 aliphatic carbocycles. The number of aryl methyl sites for hydroxylation is 1. The molecular weight excluding hydrogens is 218 g/mol. The maximum atomic E-state index is 3.76. The molecule has 1 fully saturated rings. The van der Waals surface area contributed by atoms with E-state index in [0.717, 1.165) is 12.0 Å². The van der Waals surface area contributed by atoms with Crippen LogP contribution in [0.3, 0.4) is 0 Å². The summed E-state index contributed by atoms with van der Waals surface area (Å²) in [6.45, 7) is 5.67. The first-order chi connectivity index (χ1) is 8.81. The van der Waals surface area contributed by atoms with Crippen LogP contribution < -0.4 is 5.32 Å². The molecule has 0 spiro atoms. The zero-order valence-corrected chi connectivity index (χ0v) is 11.9. The normalized spacial score (nSPS) is 24.1. The number of hydrogen-bond donors (Lipinski definition) is 1. The lowest BCUT2D eigenvalue weighted by atomic mass is 9.80. The van der Waals surface area contributed by atoms with E-state index in [-0.39, 0.29) is 0 Å². The van der Waals surface area contributed by atoms with Gasteiger partial charge in [-0.1, -0.05) is 44.0 Å². The highest BCUT2D eigenvalue weighted by molar-refractivity contribution is 5.26. The molecule has 1 saturated carbocycles. The summed E-state index contributed by atoms with van der Waals surface area (Å²) < 4.78 is 0. The molecule has 0 aromatic heterocycles. The Balaban J connectivity index is 1.98. The average Bonchev–Trinajstić information content (AvgIpc) is 2.40. The summed E-state index contributed by atoms with van der Waals surface area (Å²) in [6, 6.07) is 9.62. The second-order valence-corrected chi connectivity index (χ2v) is 5.74. The molecule has 0 amide bonds. The topological polar surface area (TPSA) is 12.0 Å². The van der Waals surface area contributed by atoms with Gasteiger partial charge in [-0.05, 0) is 56.2 Å². The van der Waals surface area contributed by atoms with E-state index in [0.29, 0.717) is 0 Å². The number of rotatable bonds is 5. The van der Waals surface area contributed by atoms with Gasteiger partial charge in [-0.25, -0.2) is 0 Å². The molecule has 1 aliphatic rings. The first-order valence-corrected chi connectivity index (χ1v) is 7.59. The molecule has 18 heavy (non-hydrogen) atoms. The fourth-order valence-electron chi connectivity index (χ4n) is 3.17. The first-order valence-electron chi connectivity index (χ1n) is 7.59. The van der Waals surface area contributed by atoms with Gasteiger partial charge in [0.25, 0.3) is 0 Å². The third-order valence-electron chi connectivity index (χ3n) is 4.31. The summed E-state index contributed by atoms with van der Waals surface area (Å²) in [7, 11) is 0. The van der Waals surface area contributed by atoms with Gasteiger partial charge in [0.05, 0.1) is 0 Å². The van der Waals surface area contributed by atoms with Gasteiger partial charge in [-0.15, -0.1) is 0 Å². The number of hydrogen-bond acceptors (Lipinski definition) is 1. The molecule has 0 heterocycles. The first kappa shape index (κ1) is 13.6. The lowest BCUT2D eigenvalue weighted by molar-refractivity contribution is 0.261. The molecule has 2 unspecified atom stereocenters. The Bertz CT molecular complexity index is 358. The van der Waals surface area contributed by atoms with Crippen LogP contribution in [0.1, 0.15) is 50.2 Å². The minimum absolute atomic E-state index is 0.748. The average molecular weight is 245 g/mol. The summed E-state index contributed by atoms with van der Waals surface area (Å²) in [6.07, 6.45) is 8.10. The Labute approximate surface area is 112 Å². The summed E-state index contributed by atoms with van der Waals surface area (Å²) in [4.78, 5) is 0. The van der Waals surface area contributed by atoms with Crippen molar-refractivity contribution in [3.63, 3.8) is 0 Å². The Morgan fingerprint density at radius 2 is 1.94 bits per heavy atom. The quantitative estimate of drug-likeness (QED) is 0.823. The predicted molar refractivity (Wildman–Crippen MR) is 78.9 cm³/mol. The Kier molecular flexibility index (Phi) is 5.25. The fourth-order valence-corrected chi connectivity index (χ4v) is 3.17. The van der Waals surface area contributed by atoms with Crippen LogP contribution in [0, 0.1) is 12.8 Å². The van der Waals surface area contributed by atoms with Gasteiger partial charge in [0.15, 0.2) is 0 Å². The minimum atomic E-state index is 0.748. The smallest absolute Gasteiger partial charge is 0.00985 e. The summed E-state index contributed by atoms with van der Waals surface area (Å²) >= 11 is 0. The van der Waals surface area contributed by atoms with Crippen LogP contribution in [-0.4, -0.2) is 12.6 Å². The minimum Gasteiger partial charge on any atom is -0.314 e. The summed E-state index contributed by atoms with van der Waals surface area (Å²) in [5, 5.41) is 3.76. The van der Waals surface area contributed by atoms with Crippen LogP contribution in [0.15, 0.2) is 24.3 Å². The second-order valence-electron chi connectivity index (χ2n) is 5.74. The van der Waals surface area contributed by atoms with Crippen LogP contribution >= 0.6 is 0 Å². The Morgan fingerprint density at radius 3 is 2.72 bits per heavy atom. The molecular formula is C17H27N. The van der Waals surface area contributed by atoms with Crippen LogP contribution in [0.5, 0.6) is 0 Å². The third kappa shape index (κ3) is 3.58. The van der Waals surface area contributed by atoms with E-state index in [1.54, 1.807) is 5.56 Å².